The van der Waals surface area contributed by atoms with Crippen LogP contribution in [0.5, 0.6) is 0 Å². The third-order valence-electron chi connectivity index (χ3n) is 1.61. The number of hydrogen-bond acceptors (Lipinski definition) is 3. The van der Waals surface area contributed by atoms with Crippen LogP contribution in [0.4, 0.5) is 13.2 Å². The van der Waals surface area contributed by atoms with Crippen molar-refractivity contribution < 1.29 is 21.6 Å². The second-order valence-corrected chi connectivity index (χ2v) is 3.39. The van der Waals surface area contributed by atoms with Crippen LogP contribution in [0.2, 0.25) is 0 Å². The summed E-state index contributed by atoms with van der Waals surface area (Å²) in [4.78, 5) is 0. The lowest BCUT2D eigenvalue weighted by Gasteiger charge is -2.06. The summed E-state index contributed by atoms with van der Waals surface area (Å²) < 4.78 is 59.8. The van der Waals surface area contributed by atoms with Gasteiger partial charge < -0.3 is 0 Å². The van der Waals surface area contributed by atoms with Crippen molar-refractivity contribution in [2.24, 2.45) is 4.36 Å². The first-order valence-electron chi connectivity index (χ1n) is 3.82. The normalized spacial score (nSPS) is 11.1. The minimum Gasteiger partial charge on any atom is -0.167 e. The highest BCUT2D eigenvalue weighted by Crippen LogP contribution is 2.29. The van der Waals surface area contributed by atoms with Crippen molar-refractivity contribution in [2.75, 3.05) is 0 Å². The van der Waals surface area contributed by atoms with Gasteiger partial charge in [0.15, 0.2) is 0 Å². The predicted molar refractivity (Wildman–Crippen MR) is 46.5 cm³/mol. The van der Waals surface area contributed by atoms with Crippen LogP contribution < -0.4 is 0 Å². The first-order chi connectivity index (χ1) is 6.89. The molecule has 3 nitrogen and oxygen atoms in total. The molecule has 1 aromatic carbocycles. The highest BCUT2D eigenvalue weighted by molar-refractivity contribution is 7.61. The molecule has 0 aliphatic carbocycles. The average Bonchev–Trinajstić information content (AvgIpc) is 2.14. The van der Waals surface area contributed by atoms with Gasteiger partial charge in [-0.05, 0) is 17.7 Å². The van der Waals surface area contributed by atoms with Crippen molar-refractivity contribution in [3.63, 3.8) is 0 Å². The van der Waals surface area contributed by atoms with Gasteiger partial charge in [-0.1, -0.05) is 12.1 Å². The smallest absolute Gasteiger partial charge is 0.167 e. The maximum atomic E-state index is 12.2. The molecule has 0 heterocycles. The van der Waals surface area contributed by atoms with E-state index in [0.29, 0.717) is 0 Å². The van der Waals surface area contributed by atoms with Gasteiger partial charge in [-0.25, -0.2) is 0 Å². The van der Waals surface area contributed by atoms with Crippen LogP contribution in [0.15, 0.2) is 28.6 Å². The Labute approximate surface area is 85.3 Å². The van der Waals surface area contributed by atoms with Crippen molar-refractivity contribution >= 4 is 10.5 Å². The lowest BCUT2D eigenvalue weighted by molar-refractivity contribution is -0.137. The van der Waals surface area contributed by atoms with Crippen molar-refractivity contribution in [1.29, 1.82) is 0 Å². The van der Waals surface area contributed by atoms with Crippen LogP contribution in [0, 0.1) is 0 Å². The lowest BCUT2D eigenvalue weighted by Crippen LogP contribution is -2.04. The number of alkyl halides is 3. The molecule has 1 aromatic rings. The molecule has 0 atom stereocenters. The standard InChI is InChI=1S/C8H6F3NO2S/c9-8(10,11)7-3-1-2-6(4-7)5-12-15(13)14/h1-4H,5H2. The van der Waals surface area contributed by atoms with E-state index < -0.39 is 22.2 Å². The van der Waals surface area contributed by atoms with E-state index in [1.54, 1.807) is 0 Å². The van der Waals surface area contributed by atoms with E-state index in [0.717, 1.165) is 12.1 Å². The fourth-order valence-corrected chi connectivity index (χ4v) is 1.23. The van der Waals surface area contributed by atoms with E-state index in [-0.39, 0.29) is 12.1 Å². The number of halogens is 3. The highest BCUT2D eigenvalue weighted by Gasteiger charge is 2.30. The van der Waals surface area contributed by atoms with E-state index in [4.69, 9.17) is 0 Å². The summed E-state index contributed by atoms with van der Waals surface area (Å²) in [7, 11) is -2.60. The molecule has 0 fully saturated rings. The average molecular weight is 237 g/mol. The SMILES string of the molecule is O=S(=O)=NCc1cccc(C(F)(F)F)c1. The summed E-state index contributed by atoms with van der Waals surface area (Å²) in [6.45, 7) is -0.278. The molecular weight excluding hydrogens is 231 g/mol. The summed E-state index contributed by atoms with van der Waals surface area (Å²) in [5.41, 5.74) is -0.610. The second kappa shape index (κ2) is 4.43. The highest BCUT2D eigenvalue weighted by atomic mass is 32.2. The molecule has 0 amide bonds. The Bertz CT molecular complexity index is 471. The van der Waals surface area contributed by atoms with E-state index in [2.05, 4.69) is 4.36 Å². The molecule has 0 unspecified atom stereocenters. The summed E-state index contributed by atoms with van der Waals surface area (Å²) in [5.74, 6) is 0. The van der Waals surface area contributed by atoms with Gasteiger partial charge in [-0.2, -0.15) is 26.0 Å². The van der Waals surface area contributed by atoms with Crippen molar-refractivity contribution in [3.8, 4) is 0 Å². The van der Waals surface area contributed by atoms with Crippen LogP contribution >= 0.6 is 0 Å². The summed E-state index contributed by atoms with van der Waals surface area (Å²) >= 11 is 0. The van der Waals surface area contributed by atoms with Crippen LogP contribution in [0.1, 0.15) is 11.1 Å². The lowest BCUT2D eigenvalue weighted by atomic mass is 10.1. The number of nitrogens with zero attached hydrogens (tertiary/aromatic N) is 1. The summed E-state index contributed by atoms with van der Waals surface area (Å²) in [6.07, 6.45) is -4.42. The first-order valence-corrected chi connectivity index (χ1v) is 4.86. The van der Waals surface area contributed by atoms with Crippen LogP contribution in [0.25, 0.3) is 0 Å². The van der Waals surface area contributed by atoms with E-state index in [1.807, 2.05) is 0 Å². The minimum absolute atomic E-state index is 0.203. The zero-order chi connectivity index (χ0) is 11.5. The minimum atomic E-state index is -4.42. The van der Waals surface area contributed by atoms with Gasteiger partial charge in [0.2, 0.25) is 0 Å². The largest absolute Gasteiger partial charge is 0.416 e. The van der Waals surface area contributed by atoms with Crippen LogP contribution in [-0.4, -0.2) is 8.42 Å². The molecule has 15 heavy (non-hydrogen) atoms. The molecule has 0 aliphatic rings. The first kappa shape index (κ1) is 11.7. The molecule has 82 valence electrons. The number of rotatable bonds is 2. The summed E-state index contributed by atoms with van der Waals surface area (Å²) in [5, 5.41) is 0. The molecule has 0 radical (unpaired) electrons. The molecule has 0 saturated heterocycles. The van der Waals surface area contributed by atoms with Gasteiger partial charge in [-0.15, -0.1) is 0 Å². The van der Waals surface area contributed by atoms with E-state index >= 15 is 0 Å². The number of benzene rings is 1. The maximum absolute atomic E-state index is 12.2. The Morgan fingerprint density at radius 3 is 2.47 bits per heavy atom. The second-order valence-electron chi connectivity index (χ2n) is 2.70. The Kier molecular flexibility index (Phi) is 3.46. The van der Waals surface area contributed by atoms with Gasteiger partial charge in [0, 0.05) is 0 Å². The Morgan fingerprint density at radius 1 is 1.27 bits per heavy atom. The molecule has 0 bridgehead atoms. The fraction of sp³-hybridized carbons (Fsp3) is 0.250. The van der Waals surface area contributed by atoms with E-state index in [1.165, 1.54) is 12.1 Å². The molecule has 1 rings (SSSR count). The van der Waals surface area contributed by atoms with E-state index in [9.17, 15) is 21.6 Å². The third kappa shape index (κ3) is 3.70. The molecule has 0 N–H and O–H groups in total. The zero-order valence-corrected chi connectivity index (χ0v) is 8.14. The van der Waals surface area contributed by atoms with Gasteiger partial charge in [0.25, 0.3) is 0 Å². The quantitative estimate of drug-likeness (QED) is 0.792. The van der Waals surface area contributed by atoms with Crippen LogP contribution in [-0.2, 0) is 23.2 Å². The van der Waals surface area contributed by atoms with Gasteiger partial charge >= 0.3 is 16.7 Å². The fourth-order valence-electron chi connectivity index (χ4n) is 0.973. The maximum Gasteiger partial charge on any atom is 0.416 e. The van der Waals surface area contributed by atoms with Crippen molar-refractivity contribution in [1.82, 2.24) is 0 Å². The Balaban J connectivity index is 2.98. The molecule has 0 spiro atoms. The number of hydrogen-bond donors (Lipinski definition) is 0. The molecule has 0 saturated carbocycles. The predicted octanol–water partition coefficient (Wildman–Crippen LogP) is 2.27. The Hall–Kier alpha value is -1.37. The monoisotopic (exact) mass is 237 g/mol. The molecule has 7 heteroatoms. The molecular formula is C8H6F3NO2S. The van der Waals surface area contributed by atoms with Crippen LogP contribution in [0.3, 0.4) is 0 Å². The van der Waals surface area contributed by atoms with Crippen molar-refractivity contribution in [2.45, 2.75) is 12.7 Å². The van der Waals surface area contributed by atoms with Crippen molar-refractivity contribution in [3.05, 3.63) is 35.4 Å². The third-order valence-corrected chi connectivity index (χ3v) is 1.95. The summed E-state index contributed by atoms with van der Waals surface area (Å²) in [6, 6.07) is 4.38. The molecule has 0 aliphatic heterocycles. The Morgan fingerprint density at radius 2 is 1.93 bits per heavy atom. The van der Waals surface area contributed by atoms with Gasteiger partial charge in [0.1, 0.15) is 0 Å². The van der Waals surface area contributed by atoms with Gasteiger partial charge in [-0.3, -0.25) is 0 Å². The van der Waals surface area contributed by atoms with Gasteiger partial charge in [0.05, 0.1) is 12.1 Å². The molecule has 0 aromatic heterocycles. The topological polar surface area (TPSA) is 46.5 Å². The zero-order valence-electron chi connectivity index (χ0n) is 7.32.